The summed E-state index contributed by atoms with van der Waals surface area (Å²) < 4.78 is 0. The first-order chi connectivity index (χ1) is 14.7. The van der Waals surface area contributed by atoms with Crippen LogP contribution in [-0.4, -0.2) is 48.0 Å². The normalized spacial score (nSPS) is 15.1. The zero-order chi connectivity index (χ0) is 20.8. The summed E-state index contributed by atoms with van der Waals surface area (Å²) >= 11 is 0. The molecule has 0 radical (unpaired) electrons. The minimum Gasteiger partial charge on any atom is -0.361 e. The maximum Gasteiger partial charge on any atom is 0.237 e. The number of benzene rings is 2. The van der Waals surface area contributed by atoms with Crippen molar-refractivity contribution in [1.29, 1.82) is 0 Å². The van der Waals surface area contributed by atoms with Crippen molar-refractivity contribution in [3.05, 3.63) is 71.4 Å². The average Bonchev–Trinajstić information content (AvgIpc) is 3.19. The highest BCUT2D eigenvalue weighted by atomic mass is 16.2. The van der Waals surface area contributed by atoms with E-state index < -0.39 is 0 Å². The minimum absolute atomic E-state index is 0.0890. The number of carbonyl (C=O) groups is 1. The van der Waals surface area contributed by atoms with Gasteiger partial charge in [-0.1, -0.05) is 49.4 Å². The molecule has 0 fully saturated rings. The highest BCUT2D eigenvalue weighted by Gasteiger charge is 2.20. The van der Waals surface area contributed by atoms with Crippen molar-refractivity contribution in [3.8, 4) is 0 Å². The van der Waals surface area contributed by atoms with Crippen LogP contribution in [0.2, 0.25) is 0 Å². The van der Waals surface area contributed by atoms with Gasteiger partial charge in [-0.25, -0.2) is 0 Å². The Morgan fingerprint density at radius 2 is 1.90 bits per heavy atom. The molecule has 2 heterocycles. The first-order valence-electron chi connectivity index (χ1n) is 11.1. The molecule has 5 nitrogen and oxygen atoms in total. The number of para-hydroxylation sites is 1. The number of aromatic nitrogens is 1. The second-order valence-electron chi connectivity index (χ2n) is 8.16. The third-order valence-electron chi connectivity index (χ3n) is 5.99. The van der Waals surface area contributed by atoms with Crippen molar-refractivity contribution in [2.24, 2.45) is 0 Å². The fraction of sp³-hybridized carbons (Fsp3) is 0.400. The molecular formula is C25H32N4O. The Labute approximate surface area is 178 Å². The number of hydrogen-bond acceptors (Lipinski definition) is 3. The molecule has 30 heavy (non-hydrogen) atoms. The van der Waals surface area contributed by atoms with E-state index in [0.29, 0.717) is 13.0 Å². The number of carbonyl (C=O) groups excluding carboxylic acids is 1. The second-order valence-corrected chi connectivity index (χ2v) is 8.16. The average molecular weight is 405 g/mol. The summed E-state index contributed by atoms with van der Waals surface area (Å²) in [5.74, 6) is 0.0890. The van der Waals surface area contributed by atoms with Gasteiger partial charge < -0.3 is 15.6 Å². The van der Waals surface area contributed by atoms with E-state index in [-0.39, 0.29) is 11.9 Å². The molecule has 1 atom stereocenters. The zero-order valence-corrected chi connectivity index (χ0v) is 17.8. The lowest BCUT2D eigenvalue weighted by atomic mass is 10.00. The Kier molecular flexibility index (Phi) is 6.82. The van der Waals surface area contributed by atoms with Crippen molar-refractivity contribution >= 4 is 16.8 Å². The van der Waals surface area contributed by atoms with Crippen molar-refractivity contribution in [1.82, 2.24) is 20.5 Å². The lowest BCUT2D eigenvalue weighted by Crippen LogP contribution is -2.47. The lowest BCUT2D eigenvalue weighted by molar-refractivity contribution is -0.123. The Bertz CT molecular complexity index is 980. The van der Waals surface area contributed by atoms with Crippen LogP contribution in [0.4, 0.5) is 0 Å². The van der Waals surface area contributed by atoms with Crippen molar-refractivity contribution < 1.29 is 4.79 Å². The SMILES string of the molecule is CCCN[C@H](Cc1c[nH]c2ccccc12)C(=O)NCCN1CCc2ccccc2C1. The first kappa shape index (κ1) is 20.6. The molecule has 0 aliphatic carbocycles. The van der Waals surface area contributed by atoms with Gasteiger partial charge in [0.15, 0.2) is 0 Å². The third kappa shape index (κ3) is 4.91. The Morgan fingerprint density at radius 3 is 2.77 bits per heavy atom. The van der Waals surface area contributed by atoms with Crippen LogP contribution >= 0.6 is 0 Å². The topological polar surface area (TPSA) is 60.2 Å². The van der Waals surface area contributed by atoms with Gasteiger partial charge in [0.05, 0.1) is 6.04 Å². The van der Waals surface area contributed by atoms with E-state index in [2.05, 4.69) is 63.8 Å². The van der Waals surface area contributed by atoms with Gasteiger partial charge in [-0.15, -0.1) is 0 Å². The fourth-order valence-corrected chi connectivity index (χ4v) is 4.30. The van der Waals surface area contributed by atoms with Gasteiger partial charge in [0.25, 0.3) is 0 Å². The van der Waals surface area contributed by atoms with Gasteiger partial charge in [0.2, 0.25) is 5.91 Å². The van der Waals surface area contributed by atoms with E-state index in [1.807, 2.05) is 18.3 Å². The van der Waals surface area contributed by atoms with Crippen molar-refractivity contribution in [2.75, 3.05) is 26.2 Å². The second kappa shape index (κ2) is 9.92. The molecule has 1 amide bonds. The number of fused-ring (bicyclic) bond motifs is 2. The molecule has 4 rings (SSSR count). The molecule has 0 unspecified atom stereocenters. The van der Waals surface area contributed by atoms with Crippen LogP contribution in [-0.2, 0) is 24.2 Å². The van der Waals surface area contributed by atoms with Gasteiger partial charge in [0.1, 0.15) is 0 Å². The molecule has 1 aromatic heterocycles. The van der Waals surface area contributed by atoms with Crippen LogP contribution in [0.25, 0.3) is 10.9 Å². The van der Waals surface area contributed by atoms with Crippen LogP contribution < -0.4 is 10.6 Å². The molecule has 158 valence electrons. The highest BCUT2D eigenvalue weighted by molar-refractivity contribution is 5.86. The van der Waals surface area contributed by atoms with Gasteiger partial charge in [0, 0.05) is 43.3 Å². The van der Waals surface area contributed by atoms with Gasteiger partial charge in [-0.05, 0) is 48.6 Å². The van der Waals surface area contributed by atoms with E-state index >= 15 is 0 Å². The minimum atomic E-state index is -0.216. The van der Waals surface area contributed by atoms with Gasteiger partial charge in [-0.3, -0.25) is 9.69 Å². The summed E-state index contributed by atoms with van der Waals surface area (Å²) in [6, 6.07) is 16.7. The Morgan fingerprint density at radius 1 is 1.10 bits per heavy atom. The van der Waals surface area contributed by atoms with Crippen molar-refractivity contribution in [3.63, 3.8) is 0 Å². The van der Waals surface area contributed by atoms with Crippen LogP contribution in [0, 0.1) is 0 Å². The molecule has 0 bridgehead atoms. The molecule has 1 aliphatic rings. The quantitative estimate of drug-likeness (QED) is 0.513. The number of nitrogens with zero attached hydrogens (tertiary/aromatic N) is 1. The van der Waals surface area contributed by atoms with Crippen LogP contribution in [0.15, 0.2) is 54.7 Å². The monoisotopic (exact) mass is 404 g/mol. The molecule has 0 saturated heterocycles. The fourth-order valence-electron chi connectivity index (χ4n) is 4.30. The van der Waals surface area contributed by atoms with Crippen molar-refractivity contribution in [2.45, 2.75) is 38.8 Å². The number of hydrogen-bond donors (Lipinski definition) is 3. The Balaban J connectivity index is 1.32. The predicted octanol–water partition coefficient (Wildman–Crippen LogP) is 3.25. The third-order valence-corrected chi connectivity index (χ3v) is 5.99. The summed E-state index contributed by atoms with van der Waals surface area (Å²) in [4.78, 5) is 18.7. The van der Waals surface area contributed by atoms with E-state index in [0.717, 1.165) is 44.5 Å². The van der Waals surface area contributed by atoms with Crippen LogP contribution in [0.5, 0.6) is 0 Å². The maximum absolute atomic E-state index is 12.9. The molecule has 2 aromatic carbocycles. The number of aromatic amines is 1. The summed E-state index contributed by atoms with van der Waals surface area (Å²) in [6.45, 7) is 6.55. The standard InChI is InChI=1S/C25H32N4O/c1-2-12-26-24(16-21-17-28-23-10-6-5-9-22(21)23)25(30)27-13-15-29-14-11-19-7-3-4-8-20(19)18-29/h3-10,17,24,26,28H,2,11-16,18H2,1H3,(H,27,30)/t24-/m1/s1. The lowest BCUT2D eigenvalue weighted by Gasteiger charge is -2.29. The number of amides is 1. The maximum atomic E-state index is 12.9. The molecule has 3 N–H and O–H groups in total. The zero-order valence-electron chi connectivity index (χ0n) is 17.8. The van der Waals surface area contributed by atoms with Crippen LogP contribution in [0.1, 0.15) is 30.0 Å². The largest absolute Gasteiger partial charge is 0.361 e. The Hall–Kier alpha value is -2.63. The smallest absolute Gasteiger partial charge is 0.237 e. The predicted molar refractivity (Wildman–Crippen MR) is 123 cm³/mol. The van der Waals surface area contributed by atoms with Gasteiger partial charge in [-0.2, -0.15) is 0 Å². The number of rotatable bonds is 9. The van der Waals surface area contributed by atoms with E-state index in [1.165, 1.54) is 22.1 Å². The molecule has 3 aromatic rings. The summed E-state index contributed by atoms with van der Waals surface area (Å²) in [7, 11) is 0. The summed E-state index contributed by atoms with van der Waals surface area (Å²) in [6.07, 6.45) is 4.81. The van der Waals surface area contributed by atoms with E-state index in [4.69, 9.17) is 0 Å². The number of H-pyrrole nitrogens is 1. The highest BCUT2D eigenvalue weighted by Crippen LogP contribution is 2.20. The molecule has 5 heteroatoms. The first-order valence-corrected chi connectivity index (χ1v) is 11.1. The molecular weight excluding hydrogens is 372 g/mol. The summed E-state index contributed by atoms with van der Waals surface area (Å²) in [5.41, 5.74) is 5.17. The van der Waals surface area contributed by atoms with Crippen LogP contribution in [0.3, 0.4) is 0 Å². The number of nitrogens with one attached hydrogen (secondary N) is 3. The molecule has 0 saturated carbocycles. The van der Waals surface area contributed by atoms with E-state index in [9.17, 15) is 4.79 Å². The van der Waals surface area contributed by atoms with Gasteiger partial charge >= 0.3 is 0 Å². The molecule has 0 spiro atoms. The van der Waals surface area contributed by atoms with E-state index in [1.54, 1.807) is 0 Å². The summed E-state index contributed by atoms with van der Waals surface area (Å²) in [5, 5.41) is 7.80. The molecule has 1 aliphatic heterocycles.